The van der Waals surface area contributed by atoms with Gasteiger partial charge < -0.3 is 25.0 Å². The minimum Gasteiger partial charge on any atom is -0.488 e. The molecule has 1 aromatic heterocycles. The predicted molar refractivity (Wildman–Crippen MR) is 158 cm³/mol. The van der Waals surface area contributed by atoms with E-state index in [-0.39, 0.29) is 11.5 Å². The Morgan fingerprint density at radius 3 is 2.54 bits per heavy atom. The molecule has 3 saturated heterocycles. The van der Waals surface area contributed by atoms with E-state index in [9.17, 15) is 5.26 Å². The molecule has 4 heterocycles. The Morgan fingerprint density at radius 1 is 1.07 bits per heavy atom. The van der Waals surface area contributed by atoms with E-state index < -0.39 is 0 Å². The monoisotopic (exact) mass is 554 g/mol. The second-order valence-electron chi connectivity index (χ2n) is 12.0. The number of benzene rings is 2. The second-order valence-corrected chi connectivity index (χ2v) is 12.0. The van der Waals surface area contributed by atoms with Crippen molar-refractivity contribution in [3.63, 3.8) is 0 Å². The number of hydrogen-bond donors (Lipinski definition) is 2. The third-order valence-corrected chi connectivity index (χ3v) is 8.46. The fraction of sp³-hybridized carbons (Fsp3) is 0.484. The van der Waals surface area contributed by atoms with Crippen molar-refractivity contribution in [1.82, 2.24) is 25.2 Å². The summed E-state index contributed by atoms with van der Waals surface area (Å²) in [5.74, 6) is 1.86. The molecule has 6 rings (SSSR count). The van der Waals surface area contributed by atoms with Crippen molar-refractivity contribution in [2.45, 2.75) is 32.9 Å². The summed E-state index contributed by atoms with van der Waals surface area (Å²) < 4.78 is 11.8. The number of anilines is 3. The van der Waals surface area contributed by atoms with Crippen LogP contribution in [0.15, 0.2) is 48.8 Å². The summed E-state index contributed by atoms with van der Waals surface area (Å²) in [6.07, 6.45) is 1.49. The van der Waals surface area contributed by atoms with Crippen LogP contribution in [0.25, 0.3) is 11.4 Å². The zero-order valence-electron chi connectivity index (χ0n) is 24.0. The van der Waals surface area contributed by atoms with Gasteiger partial charge in [-0.05, 0) is 42.5 Å². The molecule has 0 bridgehead atoms. The van der Waals surface area contributed by atoms with Crippen LogP contribution >= 0.6 is 0 Å². The van der Waals surface area contributed by atoms with Crippen molar-refractivity contribution >= 4 is 17.3 Å². The number of hydrogen-bond acceptors (Lipinski definition) is 10. The molecule has 0 aliphatic carbocycles. The Hall–Kier alpha value is -3.78. The smallest absolute Gasteiger partial charge is 0.230 e. The SMILES string of the molecule is C[C@@H]1CNCC(C)(C)[C@@H]1Oc1ccc(-c2ncnc(Nc3ccc(N4CCN(C5COC5)CC4)cc3)n2)cc1C#N. The first kappa shape index (κ1) is 27.4. The maximum atomic E-state index is 9.91. The van der Waals surface area contributed by atoms with Crippen molar-refractivity contribution in [2.24, 2.45) is 11.3 Å². The van der Waals surface area contributed by atoms with Gasteiger partial charge in [0.25, 0.3) is 0 Å². The molecule has 10 nitrogen and oxygen atoms in total. The van der Waals surface area contributed by atoms with Crippen LogP contribution in [-0.4, -0.2) is 84.5 Å². The minimum atomic E-state index is -0.0452. The van der Waals surface area contributed by atoms with Gasteiger partial charge >= 0.3 is 0 Å². The lowest BCUT2D eigenvalue weighted by Gasteiger charge is -2.43. The van der Waals surface area contributed by atoms with Crippen LogP contribution in [0, 0.1) is 22.7 Å². The van der Waals surface area contributed by atoms with Gasteiger partial charge in [-0.25, -0.2) is 9.97 Å². The van der Waals surface area contributed by atoms with Gasteiger partial charge in [0.15, 0.2) is 5.82 Å². The Bertz CT molecular complexity index is 1390. The molecule has 0 saturated carbocycles. The third-order valence-electron chi connectivity index (χ3n) is 8.46. The summed E-state index contributed by atoms with van der Waals surface area (Å²) in [7, 11) is 0. The summed E-state index contributed by atoms with van der Waals surface area (Å²) in [4.78, 5) is 18.3. The van der Waals surface area contributed by atoms with Gasteiger partial charge in [0, 0.05) is 67.5 Å². The van der Waals surface area contributed by atoms with Crippen LogP contribution in [0.1, 0.15) is 26.3 Å². The molecule has 3 aliphatic rings. The first-order valence-electron chi connectivity index (χ1n) is 14.4. The maximum absolute atomic E-state index is 9.91. The van der Waals surface area contributed by atoms with E-state index in [1.807, 2.05) is 24.3 Å². The lowest BCUT2D eigenvalue weighted by Crippen LogP contribution is -2.56. The quantitative estimate of drug-likeness (QED) is 0.449. The Labute approximate surface area is 241 Å². The van der Waals surface area contributed by atoms with Gasteiger partial charge in [-0.3, -0.25) is 4.90 Å². The van der Waals surface area contributed by atoms with E-state index in [4.69, 9.17) is 9.47 Å². The molecule has 10 heteroatoms. The number of aromatic nitrogens is 3. The van der Waals surface area contributed by atoms with Crippen molar-refractivity contribution in [3.05, 3.63) is 54.4 Å². The van der Waals surface area contributed by atoms with Crippen molar-refractivity contribution in [3.8, 4) is 23.2 Å². The molecule has 2 N–H and O–H groups in total. The fourth-order valence-electron chi connectivity index (χ4n) is 6.03. The highest BCUT2D eigenvalue weighted by Gasteiger charge is 2.39. The van der Waals surface area contributed by atoms with Gasteiger partial charge in [-0.15, -0.1) is 0 Å². The van der Waals surface area contributed by atoms with Crippen LogP contribution in [0.3, 0.4) is 0 Å². The molecule has 3 aliphatic heterocycles. The molecule has 2 atom stereocenters. The van der Waals surface area contributed by atoms with Gasteiger partial charge in [0.1, 0.15) is 24.3 Å². The molecule has 0 amide bonds. The Balaban J connectivity index is 1.11. The first-order chi connectivity index (χ1) is 19.9. The molecule has 214 valence electrons. The van der Waals surface area contributed by atoms with Crippen molar-refractivity contribution in [1.29, 1.82) is 5.26 Å². The highest BCUT2D eigenvalue weighted by atomic mass is 16.5. The van der Waals surface area contributed by atoms with E-state index in [2.05, 4.69) is 74.4 Å². The molecule has 0 spiro atoms. The standard InChI is InChI=1S/C31H38N8O2/c1-21-16-33-19-31(2,3)28(21)41-27-9-4-22(14-23(27)15-32)29-34-20-35-30(37-29)36-24-5-7-25(8-6-24)38-10-12-39(13-11-38)26-17-40-18-26/h4-9,14,20-21,26,28,33H,10-13,16-19H2,1-3H3,(H,34,35,36,37)/t21-,28-/m1/s1. The highest BCUT2D eigenvalue weighted by molar-refractivity contribution is 5.64. The molecule has 41 heavy (non-hydrogen) atoms. The van der Waals surface area contributed by atoms with E-state index in [0.717, 1.165) is 63.7 Å². The van der Waals surface area contributed by atoms with Gasteiger partial charge in [0.05, 0.1) is 24.8 Å². The number of piperazine rings is 1. The maximum Gasteiger partial charge on any atom is 0.230 e. The molecule has 3 fully saturated rings. The third kappa shape index (κ3) is 5.98. The fourth-order valence-corrected chi connectivity index (χ4v) is 6.03. The number of nitrogens with one attached hydrogen (secondary N) is 2. The lowest BCUT2D eigenvalue weighted by molar-refractivity contribution is -0.0660. The van der Waals surface area contributed by atoms with Crippen LogP contribution in [0.2, 0.25) is 0 Å². The zero-order valence-corrected chi connectivity index (χ0v) is 24.0. The number of piperidine rings is 1. The summed E-state index contributed by atoms with van der Waals surface area (Å²) in [6.45, 7) is 14.2. The van der Waals surface area contributed by atoms with E-state index in [1.165, 1.54) is 12.0 Å². The molecule has 2 aromatic carbocycles. The predicted octanol–water partition coefficient (Wildman–Crippen LogP) is 3.69. The minimum absolute atomic E-state index is 0.00751. The van der Waals surface area contributed by atoms with E-state index in [0.29, 0.717) is 35.0 Å². The van der Waals surface area contributed by atoms with Crippen LogP contribution in [0.4, 0.5) is 17.3 Å². The average molecular weight is 555 g/mol. The summed E-state index contributed by atoms with van der Waals surface area (Å²) >= 11 is 0. The number of ether oxygens (including phenoxy) is 2. The average Bonchev–Trinajstić information content (AvgIpc) is 2.95. The summed E-state index contributed by atoms with van der Waals surface area (Å²) in [5, 5.41) is 16.7. The largest absolute Gasteiger partial charge is 0.488 e. The summed E-state index contributed by atoms with van der Waals surface area (Å²) in [5.41, 5.74) is 3.27. The van der Waals surface area contributed by atoms with Crippen LogP contribution in [-0.2, 0) is 4.74 Å². The number of rotatable bonds is 7. The highest BCUT2D eigenvalue weighted by Crippen LogP contribution is 2.35. The topological polar surface area (TPSA) is 111 Å². The molecule has 0 radical (unpaired) electrons. The Kier molecular flexibility index (Phi) is 7.75. The molecular weight excluding hydrogens is 516 g/mol. The number of nitriles is 1. The van der Waals surface area contributed by atoms with E-state index in [1.54, 1.807) is 6.07 Å². The van der Waals surface area contributed by atoms with Gasteiger partial charge in [-0.1, -0.05) is 20.8 Å². The lowest BCUT2D eigenvalue weighted by atomic mass is 9.77. The Morgan fingerprint density at radius 2 is 1.85 bits per heavy atom. The van der Waals surface area contributed by atoms with Gasteiger partial charge in [0.2, 0.25) is 5.95 Å². The second kappa shape index (κ2) is 11.6. The molecule has 0 unspecified atom stereocenters. The molecular formula is C31H38N8O2. The molecule has 3 aromatic rings. The van der Waals surface area contributed by atoms with Crippen molar-refractivity contribution in [2.75, 3.05) is 62.7 Å². The number of nitrogens with zero attached hydrogens (tertiary/aromatic N) is 6. The zero-order chi connectivity index (χ0) is 28.4. The normalized spacial score (nSPS) is 22.9. The first-order valence-corrected chi connectivity index (χ1v) is 14.4. The van der Waals surface area contributed by atoms with Crippen molar-refractivity contribution < 1.29 is 9.47 Å². The van der Waals surface area contributed by atoms with E-state index >= 15 is 0 Å². The van der Waals surface area contributed by atoms with Crippen LogP contribution < -0.4 is 20.3 Å². The van der Waals surface area contributed by atoms with Gasteiger partial charge in [-0.2, -0.15) is 10.2 Å². The summed E-state index contributed by atoms with van der Waals surface area (Å²) in [6, 6.07) is 16.8. The van der Waals surface area contributed by atoms with Crippen LogP contribution in [0.5, 0.6) is 5.75 Å².